The molecule has 0 saturated carbocycles. The third kappa shape index (κ3) is 3.44. The Labute approximate surface area is 89.8 Å². The predicted octanol–water partition coefficient (Wildman–Crippen LogP) is 0.246. The standard InChI is InChI=1S/C10H19NO4/c1-14-7-8-15-6-4-10(9(12)13)3-2-5-11-10/h11H,2-8H2,1H3,(H,12,13). The molecule has 1 aliphatic heterocycles. The zero-order valence-corrected chi connectivity index (χ0v) is 9.12. The highest BCUT2D eigenvalue weighted by Crippen LogP contribution is 2.23. The lowest BCUT2D eigenvalue weighted by Gasteiger charge is -2.24. The number of nitrogens with one attached hydrogen (secondary N) is 1. The summed E-state index contributed by atoms with van der Waals surface area (Å²) >= 11 is 0. The minimum Gasteiger partial charge on any atom is -0.480 e. The number of rotatable bonds is 7. The normalized spacial score (nSPS) is 25.7. The van der Waals surface area contributed by atoms with Crippen LogP contribution in [0.5, 0.6) is 0 Å². The summed E-state index contributed by atoms with van der Waals surface area (Å²) in [6, 6.07) is 0. The summed E-state index contributed by atoms with van der Waals surface area (Å²) in [4.78, 5) is 11.1. The average Bonchev–Trinajstić information content (AvgIpc) is 2.67. The molecular formula is C10H19NO4. The molecule has 1 aliphatic rings. The van der Waals surface area contributed by atoms with E-state index in [1.165, 1.54) is 0 Å². The summed E-state index contributed by atoms with van der Waals surface area (Å²) in [7, 11) is 1.61. The molecule has 2 N–H and O–H groups in total. The maximum Gasteiger partial charge on any atom is 0.323 e. The van der Waals surface area contributed by atoms with Gasteiger partial charge in [-0.3, -0.25) is 4.79 Å². The number of carboxylic acid groups (broad SMARTS) is 1. The minimum atomic E-state index is -0.768. The zero-order chi connectivity index (χ0) is 11.1. The summed E-state index contributed by atoms with van der Waals surface area (Å²) in [5.41, 5.74) is -0.757. The van der Waals surface area contributed by atoms with Crippen molar-refractivity contribution < 1.29 is 19.4 Å². The molecule has 5 heteroatoms. The summed E-state index contributed by atoms with van der Waals surface area (Å²) in [5.74, 6) is -0.768. The van der Waals surface area contributed by atoms with Gasteiger partial charge in [-0.1, -0.05) is 0 Å². The van der Waals surface area contributed by atoms with Crippen LogP contribution < -0.4 is 5.32 Å². The first-order valence-electron chi connectivity index (χ1n) is 5.26. The summed E-state index contributed by atoms with van der Waals surface area (Å²) < 4.78 is 10.1. The number of carbonyl (C=O) groups is 1. The maximum atomic E-state index is 11.1. The Bertz CT molecular complexity index is 202. The highest BCUT2D eigenvalue weighted by atomic mass is 16.5. The third-order valence-corrected chi connectivity index (χ3v) is 2.76. The van der Waals surface area contributed by atoms with Gasteiger partial charge in [0, 0.05) is 13.7 Å². The van der Waals surface area contributed by atoms with Crippen LogP contribution in [0.3, 0.4) is 0 Å². The number of methoxy groups -OCH3 is 1. The monoisotopic (exact) mass is 217 g/mol. The van der Waals surface area contributed by atoms with E-state index in [1.54, 1.807) is 7.11 Å². The first-order valence-corrected chi connectivity index (χ1v) is 5.26. The van der Waals surface area contributed by atoms with Crippen molar-refractivity contribution in [3.63, 3.8) is 0 Å². The Kier molecular flexibility index (Phi) is 5.01. The molecule has 15 heavy (non-hydrogen) atoms. The second-order valence-corrected chi connectivity index (χ2v) is 3.77. The molecule has 1 fully saturated rings. The van der Waals surface area contributed by atoms with Crippen LogP contribution in [-0.4, -0.2) is 50.1 Å². The molecule has 0 aromatic heterocycles. The van der Waals surface area contributed by atoms with Gasteiger partial charge in [-0.15, -0.1) is 0 Å². The van der Waals surface area contributed by atoms with Crippen LogP contribution in [0.2, 0.25) is 0 Å². The van der Waals surface area contributed by atoms with Gasteiger partial charge in [0.25, 0.3) is 0 Å². The van der Waals surface area contributed by atoms with Crippen LogP contribution >= 0.6 is 0 Å². The molecule has 1 atom stereocenters. The molecule has 1 rings (SSSR count). The van der Waals surface area contributed by atoms with Crippen molar-refractivity contribution in [1.29, 1.82) is 0 Å². The average molecular weight is 217 g/mol. The summed E-state index contributed by atoms with van der Waals surface area (Å²) in [6.07, 6.45) is 2.13. The van der Waals surface area contributed by atoms with E-state index in [9.17, 15) is 4.79 Å². The van der Waals surface area contributed by atoms with E-state index in [4.69, 9.17) is 14.6 Å². The lowest BCUT2D eigenvalue weighted by atomic mass is 9.94. The van der Waals surface area contributed by atoms with Crippen LogP contribution in [0.4, 0.5) is 0 Å². The molecule has 5 nitrogen and oxygen atoms in total. The highest BCUT2D eigenvalue weighted by molar-refractivity contribution is 5.79. The van der Waals surface area contributed by atoms with Gasteiger partial charge < -0.3 is 19.9 Å². The Morgan fingerprint density at radius 3 is 2.80 bits per heavy atom. The molecule has 0 amide bonds. The lowest BCUT2D eigenvalue weighted by Crippen LogP contribution is -2.48. The summed E-state index contributed by atoms with van der Waals surface area (Å²) in [5, 5.41) is 12.2. The van der Waals surface area contributed by atoms with Crippen molar-refractivity contribution in [3.05, 3.63) is 0 Å². The van der Waals surface area contributed by atoms with Gasteiger partial charge in [-0.25, -0.2) is 0 Å². The second kappa shape index (κ2) is 6.05. The van der Waals surface area contributed by atoms with Crippen LogP contribution in [0.1, 0.15) is 19.3 Å². The van der Waals surface area contributed by atoms with Crippen molar-refractivity contribution in [2.45, 2.75) is 24.8 Å². The van der Waals surface area contributed by atoms with Gasteiger partial charge in [0.2, 0.25) is 0 Å². The van der Waals surface area contributed by atoms with Gasteiger partial charge in [-0.2, -0.15) is 0 Å². The van der Waals surface area contributed by atoms with Crippen molar-refractivity contribution >= 4 is 5.97 Å². The minimum absolute atomic E-state index is 0.461. The number of ether oxygens (including phenoxy) is 2. The Morgan fingerprint density at radius 1 is 1.47 bits per heavy atom. The lowest BCUT2D eigenvalue weighted by molar-refractivity contribution is -0.145. The first kappa shape index (κ1) is 12.4. The Morgan fingerprint density at radius 2 is 2.27 bits per heavy atom. The fourth-order valence-corrected chi connectivity index (χ4v) is 1.80. The highest BCUT2D eigenvalue weighted by Gasteiger charge is 2.40. The number of carboxylic acids is 1. The van der Waals surface area contributed by atoms with Crippen LogP contribution in [0.15, 0.2) is 0 Å². The van der Waals surface area contributed by atoms with Gasteiger partial charge in [0.05, 0.1) is 13.2 Å². The molecule has 0 radical (unpaired) electrons. The molecular weight excluding hydrogens is 198 g/mol. The fraction of sp³-hybridized carbons (Fsp3) is 0.900. The fourth-order valence-electron chi connectivity index (χ4n) is 1.80. The van der Waals surface area contributed by atoms with E-state index < -0.39 is 11.5 Å². The molecule has 0 aliphatic carbocycles. The molecule has 0 spiro atoms. The maximum absolute atomic E-state index is 11.1. The number of hydrogen-bond donors (Lipinski definition) is 2. The van der Waals surface area contributed by atoms with E-state index in [0.29, 0.717) is 32.7 Å². The molecule has 88 valence electrons. The van der Waals surface area contributed by atoms with E-state index >= 15 is 0 Å². The zero-order valence-electron chi connectivity index (χ0n) is 9.12. The molecule has 0 bridgehead atoms. The third-order valence-electron chi connectivity index (χ3n) is 2.76. The second-order valence-electron chi connectivity index (χ2n) is 3.77. The SMILES string of the molecule is COCCOCCC1(C(=O)O)CCCN1. The molecule has 0 aromatic rings. The van der Waals surface area contributed by atoms with Gasteiger partial charge in [0.1, 0.15) is 5.54 Å². The molecule has 1 saturated heterocycles. The van der Waals surface area contributed by atoms with Crippen molar-refractivity contribution in [1.82, 2.24) is 5.32 Å². The Hall–Kier alpha value is -0.650. The van der Waals surface area contributed by atoms with Gasteiger partial charge >= 0.3 is 5.97 Å². The number of aliphatic carboxylic acids is 1. The van der Waals surface area contributed by atoms with E-state index in [1.807, 2.05) is 0 Å². The van der Waals surface area contributed by atoms with E-state index in [0.717, 1.165) is 13.0 Å². The quantitative estimate of drug-likeness (QED) is 0.598. The molecule has 1 heterocycles. The van der Waals surface area contributed by atoms with E-state index in [2.05, 4.69) is 5.32 Å². The molecule has 0 aromatic carbocycles. The number of hydrogen-bond acceptors (Lipinski definition) is 4. The largest absolute Gasteiger partial charge is 0.480 e. The topological polar surface area (TPSA) is 67.8 Å². The van der Waals surface area contributed by atoms with Crippen LogP contribution in [0.25, 0.3) is 0 Å². The van der Waals surface area contributed by atoms with Crippen LogP contribution in [0, 0.1) is 0 Å². The molecule has 1 unspecified atom stereocenters. The first-order chi connectivity index (χ1) is 7.21. The Balaban J connectivity index is 2.24. The van der Waals surface area contributed by atoms with E-state index in [-0.39, 0.29) is 0 Å². The van der Waals surface area contributed by atoms with Crippen molar-refractivity contribution in [2.75, 3.05) is 33.5 Å². The van der Waals surface area contributed by atoms with Crippen LogP contribution in [-0.2, 0) is 14.3 Å². The predicted molar refractivity (Wildman–Crippen MR) is 54.9 cm³/mol. The van der Waals surface area contributed by atoms with Crippen molar-refractivity contribution in [2.24, 2.45) is 0 Å². The van der Waals surface area contributed by atoms with Gasteiger partial charge in [0.15, 0.2) is 0 Å². The smallest absolute Gasteiger partial charge is 0.323 e. The summed E-state index contributed by atoms with van der Waals surface area (Å²) in [6.45, 7) is 2.31. The van der Waals surface area contributed by atoms with Crippen molar-refractivity contribution in [3.8, 4) is 0 Å². The van der Waals surface area contributed by atoms with Gasteiger partial charge in [-0.05, 0) is 25.8 Å².